The molecule has 0 saturated heterocycles. The molecule has 123 valence electrons. The van der Waals surface area contributed by atoms with Crippen LogP contribution >= 0.6 is 0 Å². The van der Waals surface area contributed by atoms with Gasteiger partial charge in [0.25, 0.3) is 5.78 Å². The third kappa shape index (κ3) is 3.82. The average molecular weight is 404 g/mol. The SMILES string of the molecule is CCC(F)(F)C(=O)C(F)(F)C(=O)C(C)(C)C(F)(F)F.[Ag]. The molecule has 1 radical (unpaired) electrons. The number of alkyl halides is 7. The smallest absolute Gasteiger partial charge is 0.291 e. The summed E-state index contributed by atoms with van der Waals surface area (Å²) in [4.78, 5) is 22.0. The Morgan fingerprint density at radius 3 is 1.45 bits per heavy atom. The summed E-state index contributed by atoms with van der Waals surface area (Å²) >= 11 is 0. The predicted octanol–water partition coefficient (Wildman–Crippen LogP) is 3.39. The summed E-state index contributed by atoms with van der Waals surface area (Å²) in [6.45, 7) is 0.884. The number of rotatable bonds is 5. The van der Waals surface area contributed by atoms with Gasteiger partial charge in [0.1, 0.15) is 5.41 Å². The van der Waals surface area contributed by atoms with Gasteiger partial charge in [0.15, 0.2) is 0 Å². The van der Waals surface area contributed by atoms with E-state index in [2.05, 4.69) is 0 Å². The van der Waals surface area contributed by atoms with Gasteiger partial charge in [-0.25, -0.2) is 0 Å². The minimum Gasteiger partial charge on any atom is -0.291 e. The Bertz CT molecular complexity index is 388. The molecular formula is C10H11AgF7O2. The molecule has 0 amide bonds. The molecule has 0 saturated carbocycles. The van der Waals surface area contributed by atoms with E-state index in [9.17, 15) is 40.3 Å². The van der Waals surface area contributed by atoms with Crippen molar-refractivity contribution < 1.29 is 62.7 Å². The zero-order chi connectivity index (χ0) is 15.9. The van der Waals surface area contributed by atoms with Gasteiger partial charge in [0, 0.05) is 28.8 Å². The Balaban J connectivity index is 0. The molecule has 0 atom stereocenters. The molecule has 0 aliphatic carbocycles. The van der Waals surface area contributed by atoms with E-state index in [1.165, 1.54) is 0 Å². The van der Waals surface area contributed by atoms with Crippen LogP contribution in [0.4, 0.5) is 30.7 Å². The van der Waals surface area contributed by atoms with Crippen molar-refractivity contribution in [1.82, 2.24) is 0 Å². The summed E-state index contributed by atoms with van der Waals surface area (Å²) < 4.78 is 89.3. The van der Waals surface area contributed by atoms with Crippen LogP contribution in [-0.2, 0) is 32.0 Å². The topological polar surface area (TPSA) is 34.1 Å². The summed E-state index contributed by atoms with van der Waals surface area (Å²) in [5, 5.41) is 0. The van der Waals surface area contributed by atoms with E-state index >= 15 is 0 Å². The van der Waals surface area contributed by atoms with E-state index in [1.807, 2.05) is 0 Å². The zero-order valence-corrected chi connectivity index (χ0v) is 12.0. The summed E-state index contributed by atoms with van der Waals surface area (Å²) in [7, 11) is 0. The van der Waals surface area contributed by atoms with E-state index in [0.717, 1.165) is 0 Å². The molecule has 20 heavy (non-hydrogen) atoms. The van der Waals surface area contributed by atoms with Crippen LogP contribution in [-0.4, -0.2) is 29.6 Å². The summed E-state index contributed by atoms with van der Waals surface area (Å²) in [5.74, 6) is -16.0. The largest absolute Gasteiger partial charge is 0.401 e. The van der Waals surface area contributed by atoms with E-state index in [-0.39, 0.29) is 36.2 Å². The number of carbonyl (C=O) groups is 2. The van der Waals surface area contributed by atoms with Crippen LogP contribution in [0.5, 0.6) is 0 Å². The van der Waals surface area contributed by atoms with E-state index in [1.54, 1.807) is 0 Å². The molecule has 0 rings (SSSR count). The maximum Gasteiger partial charge on any atom is 0.401 e. The van der Waals surface area contributed by atoms with Crippen molar-refractivity contribution in [1.29, 1.82) is 0 Å². The Labute approximate surface area is 125 Å². The fourth-order valence-electron chi connectivity index (χ4n) is 1.01. The predicted molar refractivity (Wildman–Crippen MR) is 50.0 cm³/mol. The number of halogens is 7. The molecule has 0 bridgehead atoms. The second-order valence-corrected chi connectivity index (χ2v) is 4.41. The molecule has 0 N–H and O–H groups in total. The van der Waals surface area contributed by atoms with Crippen LogP contribution in [0.25, 0.3) is 0 Å². The molecule has 0 aliphatic rings. The Kier molecular flexibility index (Phi) is 6.73. The summed E-state index contributed by atoms with van der Waals surface area (Å²) in [6.07, 6.45) is -6.74. The van der Waals surface area contributed by atoms with Crippen LogP contribution in [0.3, 0.4) is 0 Å². The second-order valence-electron chi connectivity index (χ2n) is 4.41. The summed E-state index contributed by atoms with van der Waals surface area (Å²) in [6, 6.07) is 0. The van der Waals surface area contributed by atoms with Crippen molar-refractivity contribution in [3.63, 3.8) is 0 Å². The Morgan fingerprint density at radius 1 is 0.850 bits per heavy atom. The summed E-state index contributed by atoms with van der Waals surface area (Å²) in [5.41, 5.74) is -3.62. The minimum atomic E-state index is -5.40. The minimum absolute atomic E-state index is 0. The molecule has 0 fully saturated rings. The monoisotopic (exact) mass is 403 g/mol. The molecule has 10 heteroatoms. The number of carbonyl (C=O) groups excluding carboxylic acids is 2. The first-order valence-electron chi connectivity index (χ1n) is 5.04. The quantitative estimate of drug-likeness (QED) is 0.400. The van der Waals surface area contributed by atoms with Crippen molar-refractivity contribution >= 4 is 11.6 Å². The van der Waals surface area contributed by atoms with E-state index < -0.39 is 41.4 Å². The van der Waals surface area contributed by atoms with Crippen LogP contribution in [0.2, 0.25) is 0 Å². The first-order valence-corrected chi connectivity index (χ1v) is 5.04. The molecule has 2 nitrogen and oxygen atoms in total. The van der Waals surface area contributed by atoms with Crippen molar-refractivity contribution in [2.45, 2.75) is 45.2 Å². The standard InChI is InChI=1S/C10H11F7O2.Ag/c1-4-8(11,12)6(19)9(13,14)5(18)7(2,3)10(15,16)17;/h4H2,1-3H3;. The van der Waals surface area contributed by atoms with Gasteiger partial charge in [-0.15, -0.1) is 0 Å². The van der Waals surface area contributed by atoms with Gasteiger partial charge < -0.3 is 0 Å². The fourth-order valence-corrected chi connectivity index (χ4v) is 1.01. The normalized spacial score (nSPS) is 13.7. The second kappa shape index (κ2) is 6.15. The maximum atomic E-state index is 13.2. The van der Waals surface area contributed by atoms with Crippen LogP contribution in [0.1, 0.15) is 27.2 Å². The van der Waals surface area contributed by atoms with Gasteiger partial charge in [0.05, 0.1) is 0 Å². The van der Waals surface area contributed by atoms with E-state index in [4.69, 9.17) is 0 Å². The van der Waals surface area contributed by atoms with Crippen molar-refractivity contribution in [3.8, 4) is 0 Å². The van der Waals surface area contributed by atoms with Crippen LogP contribution in [0.15, 0.2) is 0 Å². The van der Waals surface area contributed by atoms with Crippen molar-refractivity contribution in [3.05, 3.63) is 0 Å². The van der Waals surface area contributed by atoms with Gasteiger partial charge in [-0.3, -0.25) is 9.59 Å². The van der Waals surface area contributed by atoms with Crippen molar-refractivity contribution in [2.75, 3.05) is 0 Å². The third-order valence-electron chi connectivity index (χ3n) is 2.62. The first-order chi connectivity index (χ1) is 8.12. The maximum absolute atomic E-state index is 13.2. The fraction of sp³-hybridized carbons (Fsp3) is 0.800. The van der Waals surface area contributed by atoms with Gasteiger partial charge in [-0.2, -0.15) is 30.7 Å². The third-order valence-corrected chi connectivity index (χ3v) is 2.62. The first kappa shape index (κ1) is 21.9. The molecule has 0 aromatic carbocycles. The van der Waals surface area contributed by atoms with Crippen molar-refractivity contribution in [2.24, 2.45) is 5.41 Å². The molecule has 0 spiro atoms. The molecule has 0 aromatic rings. The number of hydrogen-bond donors (Lipinski definition) is 0. The van der Waals surface area contributed by atoms with E-state index in [0.29, 0.717) is 6.92 Å². The van der Waals surface area contributed by atoms with Gasteiger partial charge in [-0.1, -0.05) is 6.92 Å². The molecule has 0 aliphatic heterocycles. The molecule has 0 heterocycles. The zero-order valence-electron chi connectivity index (χ0n) is 10.5. The van der Waals surface area contributed by atoms with Gasteiger partial charge in [-0.05, 0) is 13.8 Å². The van der Waals surface area contributed by atoms with Crippen LogP contribution in [0, 0.1) is 5.41 Å². The van der Waals surface area contributed by atoms with Gasteiger partial charge in [0.2, 0.25) is 5.78 Å². The number of ketones is 2. The Hall–Kier alpha value is -0.410. The molecule has 0 unspecified atom stereocenters. The molecular weight excluding hydrogens is 393 g/mol. The van der Waals surface area contributed by atoms with Crippen LogP contribution < -0.4 is 0 Å². The molecule has 0 aromatic heterocycles. The average Bonchev–Trinajstić information content (AvgIpc) is 2.25. The van der Waals surface area contributed by atoms with Gasteiger partial charge >= 0.3 is 18.0 Å². The number of Topliss-reactive ketones (excluding diaryl/α,β-unsaturated/α-hetero) is 2. The Morgan fingerprint density at radius 2 is 1.20 bits per heavy atom. The number of hydrogen-bond acceptors (Lipinski definition) is 2.